The van der Waals surface area contributed by atoms with Crippen LogP contribution in [0, 0.1) is 0 Å². The molecule has 0 aliphatic rings. The molecule has 1 aromatic carbocycles. The average Bonchev–Trinajstić information content (AvgIpc) is 2.12. The lowest BCUT2D eigenvalue weighted by molar-refractivity contribution is -0.117. The van der Waals surface area contributed by atoms with E-state index in [1.165, 1.54) is 19.1 Å². The molecule has 0 atom stereocenters. The molecule has 0 unspecified atom stereocenters. The Morgan fingerprint density at radius 2 is 1.88 bits per heavy atom. The van der Waals surface area contributed by atoms with E-state index < -0.39 is 0 Å². The SMILES string of the molecule is CC(=O)NC(=S)Nc1cc(Cl)c(O)c(Cl)c1. The fourth-order valence-corrected chi connectivity index (χ4v) is 1.71. The van der Waals surface area contributed by atoms with Crippen LogP contribution in [0.3, 0.4) is 0 Å². The standard InChI is InChI=1S/C9H8Cl2N2O2S/c1-4(14)12-9(16)13-5-2-6(10)8(15)7(11)3-5/h2-3,15H,1H3,(H2,12,13,14,16). The number of hydrogen-bond donors (Lipinski definition) is 3. The summed E-state index contributed by atoms with van der Waals surface area (Å²) in [5.41, 5.74) is 0.478. The van der Waals surface area contributed by atoms with Crippen LogP contribution in [0.5, 0.6) is 5.75 Å². The van der Waals surface area contributed by atoms with Crippen LogP contribution < -0.4 is 10.6 Å². The zero-order valence-electron chi connectivity index (χ0n) is 8.17. The van der Waals surface area contributed by atoms with Gasteiger partial charge < -0.3 is 15.7 Å². The molecule has 0 radical (unpaired) electrons. The third-order valence-corrected chi connectivity index (χ3v) is 2.34. The van der Waals surface area contributed by atoms with Gasteiger partial charge >= 0.3 is 0 Å². The highest BCUT2D eigenvalue weighted by molar-refractivity contribution is 7.80. The molecule has 86 valence electrons. The van der Waals surface area contributed by atoms with E-state index in [-0.39, 0.29) is 26.8 Å². The number of carbonyl (C=O) groups is 1. The molecular weight excluding hydrogens is 271 g/mol. The molecule has 0 saturated carbocycles. The molecule has 7 heteroatoms. The van der Waals surface area contributed by atoms with Gasteiger partial charge in [0.2, 0.25) is 5.91 Å². The Bertz CT molecular complexity index is 428. The summed E-state index contributed by atoms with van der Waals surface area (Å²) in [6.45, 7) is 1.34. The Balaban J connectivity index is 2.82. The number of aromatic hydroxyl groups is 1. The van der Waals surface area contributed by atoms with Crippen LogP contribution in [0.15, 0.2) is 12.1 Å². The van der Waals surface area contributed by atoms with E-state index in [9.17, 15) is 9.90 Å². The lowest BCUT2D eigenvalue weighted by Crippen LogP contribution is -2.32. The fourth-order valence-electron chi connectivity index (χ4n) is 0.960. The quantitative estimate of drug-likeness (QED) is 0.546. The summed E-state index contributed by atoms with van der Waals surface area (Å²) in [5, 5.41) is 14.7. The van der Waals surface area contributed by atoms with Gasteiger partial charge in [0, 0.05) is 12.6 Å². The Kier molecular flexibility index (Phi) is 4.35. The van der Waals surface area contributed by atoms with Crippen molar-refractivity contribution in [1.29, 1.82) is 0 Å². The maximum Gasteiger partial charge on any atom is 0.222 e. The molecule has 0 bridgehead atoms. The second-order valence-corrected chi connectivity index (χ2v) is 4.15. The molecule has 1 amide bonds. The topological polar surface area (TPSA) is 61.4 Å². The van der Waals surface area contributed by atoms with Crippen molar-refractivity contribution in [3.63, 3.8) is 0 Å². The van der Waals surface area contributed by atoms with Crippen LogP contribution in [0.4, 0.5) is 5.69 Å². The van der Waals surface area contributed by atoms with Gasteiger partial charge in [-0.2, -0.15) is 0 Å². The van der Waals surface area contributed by atoms with Crippen LogP contribution in [0.1, 0.15) is 6.92 Å². The number of hydrogen-bond acceptors (Lipinski definition) is 3. The van der Waals surface area contributed by atoms with Gasteiger partial charge in [-0.3, -0.25) is 4.79 Å². The molecule has 1 rings (SSSR count). The number of amides is 1. The van der Waals surface area contributed by atoms with E-state index in [0.29, 0.717) is 5.69 Å². The predicted molar refractivity (Wildman–Crippen MR) is 68.2 cm³/mol. The largest absolute Gasteiger partial charge is 0.505 e. The molecule has 3 N–H and O–H groups in total. The first-order valence-corrected chi connectivity index (χ1v) is 5.33. The van der Waals surface area contributed by atoms with Crippen LogP contribution in [-0.2, 0) is 4.79 Å². The molecule has 1 aromatic rings. The summed E-state index contributed by atoms with van der Waals surface area (Å²) in [6.07, 6.45) is 0. The third kappa shape index (κ3) is 3.52. The molecule has 16 heavy (non-hydrogen) atoms. The number of anilines is 1. The average molecular weight is 279 g/mol. The number of phenols is 1. The predicted octanol–water partition coefficient (Wildman–Crippen LogP) is 2.53. The molecule has 0 spiro atoms. The second-order valence-electron chi connectivity index (χ2n) is 2.92. The Morgan fingerprint density at radius 1 is 1.38 bits per heavy atom. The van der Waals surface area contributed by atoms with Gasteiger partial charge in [0.1, 0.15) is 0 Å². The van der Waals surface area contributed by atoms with Crippen LogP contribution in [-0.4, -0.2) is 16.1 Å². The summed E-state index contributed by atoms with van der Waals surface area (Å²) in [6, 6.07) is 2.88. The lowest BCUT2D eigenvalue weighted by Gasteiger charge is -2.09. The first-order valence-electron chi connectivity index (χ1n) is 4.16. The minimum Gasteiger partial charge on any atom is -0.505 e. The van der Waals surface area contributed by atoms with E-state index in [1.807, 2.05) is 0 Å². The number of halogens is 2. The van der Waals surface area contributed by atoms with Crippen LogP contribution in [0.2, 0.25) is 10.0 Å². The number of nitrogens with one attached hydrogen (secondary N) is 2. The highest BCUT2D eigenvalue weighted by atomic mass is 35.5. The number of rotatable bonds is 1. The van der Waals surface area contributed by atoms with E-state index in [4.69, 9.17) is 35.4 Å². The number of thiocarbonyl (C=S) groups is 1. The monoisotopic (exact) mass is 278 g/mol. The molecule has 0 heterocycles. The lowest BCUT2D eigenvalue weighted by atomic mass is 10.3. The highest BCUT2D eigenvalue weighted by Gasteiger charge is 2.07. The number of benzene rings is 1. The number of phenolic OH excluding ortho intramolecular Hbond substituents is 1. The summed E-state index contributed by atoms with van der Waals surface area (Å²) in [5.74, 6) is -0.479. The van der Waals surface area contributed by atoms with E-state index in [1.54, 1.807) is 0 Å². The summed E-state index contributed by atoms with van der Waals surface area (Å²) < 4.78 is 0. The van der Waals surface area contributed by atoms with Crippen LogP contribution in [0.25, 0.3) is 0 Å². The van der Waals surface area contributed by atoms with Gasteiger partial charge in [-0.15, -0.1) is 0 Å². The summed E-state index contributed by atoms with van der Waals surface area (Å²) >= 11 is 16.2. The first-order chi connectivity index (χ1) is 7.40. The normalized spacial score (nSPS) is 9.69. The van der Waals surface area contributed by atoms with Gasteiger partial charge in [0.05, 0.1) is 10.0 Å². The van der Waals surface area contributed by atoms with Crippen molar-refractivity contribution in [3.05, 3.63) is 22.2 Å². The van der Waals surface area contributed by atoms with Crippen molar-refractivity contribution in [2.45, 2.75) is 6.92 Å². The highest BCUT2D eigenvalue weighted by Crippen LogP contribution is 2.34. The zero-order chi connectivity index (χ0) is 12.3. The van der Waals surface area contributed by atoms with Crippen LogP contribution >= 0.6 is 35.4 Å². The van der Waals surface area contributed by atoms with Crippen molar-refractivity contribution >= 4 is 52.1 Å². The van der Waals surface area contributed by atoms with Gasteiger partial charge in [0.15, 0.2) is 10.9 Å². The molecule has 0 fully saturated rings. The maximum absolute atomic E-state index is 10.7. The van der Waals surface area contributed by atoms with Gasteiger partial charge in [0.25, 0.3) is 0 Å². The maximum atomic E-state index is 10.7. The Morgan fingerprint density at radius 3 is 2.31 bits per heavy atom. The van der Waals surface area contributed by atoms with Gasteiger partial charge in [-0.05, 0) is 24.4 Å². The molecule has 0 aromatic heterocycles. The van der Waals surface area contributed by atoms with Crippen molar-refractivity contribution in [2.75, 3.05) is 5.32 Å². The third-order valence-electron chi connectivity index (χ3n) is 1.56. The van der Waals surface area contributed by atoms with Crippen molar-refractivity contribution in [3.8, 4) is 5.75 Å². The zero-order valence-corrected chi connectivity index (χ0v) is 10.5. The molecule has 4 nitrogen and oxygen atoms in total. The van der Waals surface area contributed by atoms with Crippen molar-refractivity contribution in [1.82, 2.24) is 5.32 Å². The summed E-state index contributed by atoms with van der Waals surface area (Å²) in [7, 11) is 0. The van der Waals surface area contributed by atoms with Gasteiger partial charge in [-0.25, -0.2) is 0 Å². The molecular formula is C9H8Cl2N2O2S. The van der Waals surface area contributed by atoms with Crippen molar-refractivity contribution < 1.29 is 9.90 Å². The second kappa shape index (κ2) is 5.34. The fraction of sp³-hybridized carbons (Fsp3) is 0.111. The van der Waals surface area contributed by atoms with E-state index in [2.05, 4.69) is 10.6 Å². The molecule has 0 aliphatic carbocycles. The minimum absolute atomic E-state index is 0.0978. The van der Waals surface area contributed by atoms with Gasteiger partial charge in [-0.1, -0.05) is 23.2 Å². The minimum atomic E-state index is -0.284. The summed E-state index contributed by atoms with van der Waals surface area (Å²) in [4.78, 5) is 10.7. The number of carbonyl (C=O) groups excluding carboxylic acids is 1. The van der Waals surface area contributed by atoms with E-state index in [0.717, 1.165) is 0 Å². The Hall–Kier alpha value is -1.04. The first kappa shape index (κ1) is 13.0. The smallest absolute Gasteiger partial charge is 0.222 e. The van der Waals surface area contributed by atoms with E-state index >= 15 is 0 Å². The van der Waals surface area contributed by atoms with Crippen molar-refractivity contribution in [2.24, 2.45) is 0 Å². The Labute approximate surface area is 108 Å². The molecule has 0 saturated heterocycles. The molecule has 0 aliphatic heterocycles.